The highest BCUT2D eigenvalue weighted by atomic mass is 16.5. The smallest absolute Gasteiger partial charge is 0.320 e. The van der Waals surface area contributed by atoms with Gasteiger partial charge in [0.25, 0.3) is 0 Å². The van der Waals surface area contributed by atoms with Gasteiger partial charge in [-0.2, -0.15) is 5.26 Å². The van der Waals surface area contributed by atoms with Crippen molar-refractivity contribution in [1.29, 1.82) is 5.26 Å². The van der Waals surface area contributed by atoms with Crippen LogP contribution in [-0.2, 0) is 13.2 Å². The van der Waals surface area contributed by atoms with Gasteiger partial charge in [-0.1, -0.05) is 65.8 Å². The molecule has 5 rings (SSSR count). The van der Waals surface area contributed by atoms with Gasteiger partial charge in [0.05, 0.1) is 18.2 Å². The Kier molecular flexibility index (Phi) is 8.47. The van der Waals surface area contributed by atoms with E-state index < -0.39 is 0 Å². The van der Waals surface area contributed by atoms with Gasteiger partial charge in [0.15, 0.2) is 0 Å². The largest absolute Gasteiger partial charge is 0.489 e. The predicted octanol–water partition coefficient (Wildman–Crippen LogP) is 5.99. The molecule has 40 heavy (non-hydrogen) atoms. The summed E-state index contributed by atoms with van der Waals surface area (Å²) in [6, 6.07) is 31.5. The van der Waals surface area contributed by atoms with E-state index in [-0.39, 0.29) is 19.2 Å². The van der Waals surface area contributed by atoms with Gasteiger partial charge in [0.1, 0.15) is 12.4 Å². The van der Waals surface area contributed by atoms with Crippen molar-refractivity contribution in [3.63, 3.8) is 0 Å². The quantitative estimate of drug-likeness (QED) is 0.178. The van der Waals surface area contributed by atoms with E-state index >= 15 is 0 Å². The number of nitrogens with one attached hydrogen (secondary N) is 2. The number of rotatable bonds is 11. The van der Waals surface area contributed by atoms with Crippen molar-refractivity contribution in [3.05, 3.63) is 113 Å². The number of aliphatic hydroxyl groups excluding tert-OH is 1. The molecule has 0 bridgehead atoms. The van der Waals surface area contributed by atoms with Crippen LogP contribution >= 0.6 is 0 Å². The molecule has 0 saturated heterocycles. The average Bonchev–Trinajstić information content (AvgIpc) is 3.45. The molecule has 200 valence electrons. The second-order valence-corrected chi connectivity index (χ2v) is 9.15. The van der Waals surface area contributed by atoms with E-state index in [2.05, 4.69) is 52.0 Å². The summed E-state index contributed by atoms with van der Waals surface area (Å²) in [5.41, 5.74) is 7.30. The number of benzene rings is 4. The van der Waals surface area contributed by atoms with E-state index in [1.165, 1.54) is 0 Å². The second kappa shape index (κ2) is 12.7. The summed E-state index contributed by atoms with van der Waals surface area (Å²) >= 11 is 0. The number of ether oxygens (including phenoxy) is 1. The maximum absolute atomic E-state index is 9.23. The van der Waals surface area contributed by atoms with E-state index in [0.717, 1.165) is 39.1 Å². The highest BCUT2D eigenvalue weighted by Crippen LogP contribution is 2.33. The molecule has 1 heterocycles. The SMILES string of the molecule is Cc1c(-c2ccccc2)cccc1-c1nnc(Nc2cccc(CNCCO)c2COc2cccc(C#N)c2)o1. The molecule has 0 atom stereocenters. The van der Waals surface area contributed by atoms with Crippen LogP contribution in [0.4, 0.5) is 11.7 Å². The van der Waals surface area contributed by atoms with Crippen LogP contribution in [0.25, 0.3) is 22.6 Å². The zero-order valence-corrected chi connectivity index (χ0v) is 22.1. The Balaban J connectivity index is 1.41. The number of nitrogens with zero attached hydrogens (tertiary/aromatic N) is 3. The van der Waals surface area contributed by atoms with Crippen molar-refractivity contribution >= 4 is 11.7 Å². The Morgan fingerprint density at radius 3 is 2.55 bits per heavy atom. The van der Waals surface area contributed by atoms with Gasteiger partial charge in [-0.05, 0) is 59.5 Å². The van der Waals surface area contributed by atoms with Crippen molar-refractivity contribution in [3.8, 4) is 34.4 Å². The first-order chi connectivity index (χ1) is 19.7. The molecule has 3 N–H and O–H groups in total. The fourth-order valence-electron chi connectivity index (χ4n) is 4.50. The summed E-state index contributed by atoms with van der Waals surface area (Å²) in [6.07, 6.45) is 0. The number of aliphatic hydroxyl groups is 1. The Morgan fingerprint density at radius 2 is 1.73 bits per heavy atom. The monoisotopic (exact) mass is 531 g/mol. The van der Waals surface area contributed by atoms with Crippen LogP contribution in [0.1, 0.15) is 22.3 Å². The van der Waals surface area contributed by atoms with E-state index in [1.807, 2.05) is 54.6 Å². The van der Waals surface area contributed by atoms with E-state index in [9.17, 15) is 10.4 Å². The van der Waals surface area contributed by atoms with E-state index in [1.54, 1.807) is 18.2 Å². The van der Waals surface area contributed by atoms with Gasteiger partial charge in [-0.3, -0.25) is 0 Å². The van der Waals surface area contributed by atoms with E-state index in [0.29, 0.717) is 30.3 Å². The molecule has 1 aromatic heterocycles. The standard InChI is InChI=1S/C32H29N5O3/c1-22-27(24-9-3-2-4-10-24)13-7-14-28(22)31-36-37-32(40-31)35-30-15-6-11-25(20-34-16-17-38)29(30)21-39-26-12-5-8-23(18-26)19-33/h2-15,18,34,38H,16-17,20-21H2,1H3,(H,35,37). The molecule has 0 radical (unpaired) electrons. The number of anilines is 2. The molecular weight excluding hydrogens is 502 g/mol. The Hall–Kier alpha value is -4.97. The van der Waals surface area contributed by atoms with Crippen molar-refractivity contribution in [2.45, 2.75) is 20.1 Å². The molecule has 0 unspecified atom stereocenters. The molecule has 0 amide bonds. The first-order valence-electron chi connectivity index (χ1n) is 13.0. The van der Waals surface area contributed by atoms with Crippen molar-refractivity contribution < 1.29 is 14.3 Å². The summed E-state index contributed by atoms with van der Waals surface area (Å²) < 4.78 is 12.1. The van der Waals surface area contributed by atoms with E-state index in [4.69, 9.17) is 9.15 Å². The topological polar surface area (TPSA) is 116 Å². The van der Waals surface area contributed by atoms with Gasteiger partial charge in [0, 0.05) is 29.9 Å². The van der Waals surface area contributed by atoms with Crippen LogP contribution in [0.3, 0.4) is 0 Å². The Labute approximate surface area is 232 Å². The minimum atomic E-state index is 0.0420. The lowest BCUT2D eigenvalue weighted by Gasteiger charge is -2.16. The zero-order valence-electron chi connectivity index (χ0n) is 22.1. The van der Waals surface area contributed by atoms with Crippen LogP contribution in [0, 0.1) is 18.3 Å². The maximum atomic E-state index is 9.23. The zero-order chi connectivity index (χ0) is 27.7. The molecule has 4 aromatic carbocycles. The number of hydrogen-bond acceptors (Lipinski definition) is 8. The first-order valence-corrected chi connectivity index (χ1v) is 13.0. The lowest BCUT2D eigenvalue weighted by Crippen LogP contribution is -2.19. The highest BCUT2D eigenvalue weighted by Gasteiger charge is 2.16. The summed E-state index contributed by atoms with van der Waals surface area (Å²) in [5.74, 6) is 1.02. The van der Waals surface area contributed by atoms with Crippen LogP contribution in [-0.4, -0.2) is 28.5 Å². The Morgan fingerprint density at radius 1 is 0.925 bits per heavy atom. The molecule has 8 nitrogen and oxygen atoms in total. The third kappa shape index (κ3) is 6.18. The lowest BCUT2D eigenvalue weighted by molar-refractivity contribution is 0.290. The average molecular weight is 532 g/mol. The van der Waals surface area contributed by atoms with Crippen LogP contribution in [0.5, 0.6) is 5.75 Å². The second-order valence-electron chi connectivity index (χ2n) is 9.15. The first kappa shape index (κ1) is 26.6. The Bertz CT molecular complexity index is 1630. The molecule has 0 spiro atoms. The normalized spacial score (nSPS) is 10.7. The molecule has 0 fully saturated rings. The number of aromatic nitrogens is 2. The molecule has 0 aliphatic rings. The predicted molar refractivity (Wildman–Crippen MR) is 154 cm³/mol. The summed E-state index contributed by atoms with van der Waals surface area (Å²) in [4.78, 5) is 0. The minimum absolute atomic E-state index is 0.0420. The fourth-order valence-corrected chi connectivity index (χ4v) is 4.50. The maximum Gasteiger partial charge on any atom is 0.320 e. The molecule has 0 aliphatic carbocycles. The van der Waals surface area contributed by atoms with Gasteiger partial charge in [-0.25, -0.2) is 0 Å². The molecule has 0 saturated carbocycles. The van der Waals surface area contributed by atoms with Gasteiger partial charge in [0.2, 0.25) is 5.89 Å². The van der Waals surface area contributed by atoms with Crippen LogP contribution in [0.2, 0.25) is 0 Å². The third-order valence-corrected chi connectivity index (χ3v) is 6.54. The number of hydrogen-bond donors (Lipinski definition) is 3. The van der Waals surface area contributed by atoms with Crippen molar-refractivity contribution in [2.24, 2.45) is 0 Å². The summed E-state index contributed by atoms with van der Waals surface area (Å²) in [7, 11) is 0. The molecule has 8 heteroatoms. The number of nitriles is 1. The summed E-state index contributed by atoms with van der Waals surface area (Å²) in [5, 5.41) is 33.5. The van der Waals surface area contributed by atoms with Crippen molar-refractivity contribution in [2.75, 3.05) is 18.5 Å². The minimum Gasteiger partial charge on any atom is -0.489 e. The lowest BCUT2D eigenvalue weighted by atomic mass is 9.96. The molecule has 0 aliphatic heterocycles. The van der Waals surface area contributed by atoms with Crippen LogP contribution < -0.4 is 15.4 Å². The molecule has 5 aromatic rings. The summed E-state index contributed by atoms with van der Waals surface area (Å²) in [6.45, 7) is 3.34. The van der Waals surface area contributed by atoms with Crippen molar-refractivity contribution in [1.82, 2.24) is 15.5 Å². The third-order valence-electron chi connectivity index (χ3n) is 6.54. The fraction of sp³-hybridized carbons (Fsp3) is 0.156. The molecular formula is C32H29N5O3. The highest BCUT2D eigenvalue weighted by molar-refractivity contribution is 5.75. The van der Waals surface area contributed by atoms with Crippen LogP contribution in [0.15, 0.2) is 95.4 Å². The van der Waals surface area contributed by atoms with Gasteiger partial charge < -0.3 is 24.9 Å². The van der Waals surface area contributed by atoms with Gasteiger partial charge >= 0.3 is 6.01 Å². The van der Waals surface area contributed by atoms with Gasteiger partial charge in [-0.15, -0.1) is 5.10 Å².